The fourth-order valence-electron chi connectivity index (χ4n) is 2.77. The highest BCUT2D eigenvalue weighted by atomic mass is 32.2. The summed E-state index contributed by atoms with van der Waals surface area (Å²) in [5.74, 6) is 0. The van der Waals surface area contributed by atoms with Crippen molar-refractivity contribution in [1.82, 2.24) is 14.4 Å². The van der Waals surface area contributed by atoms with Crippen LogP contribution in [0, 0.1) is 17.6 Å². The van der Waals surface area contributed by atoms with Crippen LogP contribution in [0.1, 0.15) is 45.1 Å². The quantitative estimate of drug-likeness (QED) is 0.263. The summed E-state index contributed by atoms with van der Waals surface area (Å²) >= 11 is 3.09. The summed E-state index contributed by atoms with van der Waals surface area (Å²) in [6, 6.07) is 5.78. The summed E-state index contributed by atoms with van der Waals surface area (Å²) in [5, 5.41) is 8.63. The lowest BCUT2D eigenvalue weighted by Crippen LogP contribution is -2.23. The molecule has 1 aromatic heterocycles. The van der Waals surface area contributed by atoms with Gasteiger partial charge in [-0.15, -0.1) is 0 Å². The van der Waals surface area contributed by atoms with Crippen molar-refractivity contribution in [2.45, 2.75) is 57.9 Å². The first-order valence-corrected chi connectivity index (χ1v) is 13.1. The first kappa shape index (κ1) is 31.5. The van der Waals surface area contributed by atoms with Crippen LogP contribution in [0.4, 0.5) is 0 Å². The summed E-state index contributed by atoms with van der Waals surface area (Å²) in [6.07, 6.45) is 15.7. The van der Waals surface area contributed by atoms with Gasteiger partial charge in [-0.3, -0.25) is 0 Å². The predicted octanol–water partition coefficient (Wildman–Crippen LogP) is 3.87. The van der Waals surface area contributed by atoms with Crippen molar-refractivity contribution < 1.29 is 17.5 Å². The number of aromatic nitrogens is 2. The number of thiol groups is 1. The van der Waals surface area contributed by atoms with Crippen molar-refractivity contribution >= 4 is 22.7 Å². The molecule has 3 rings (SSSR count). The van der Waals surface area contributed by atoms with Crippen LogP contribution in [0.15, 0.2) is 60.3 Å². The van der Waals surface area contributed by atoms with E-state index in [0.717, 1.165) is 18.8 Å². The molecule has 0 saturated heterocycles. The van der Waals surface area contributed by atoms with Gasteiger partial charge < -0.3 is 14.4 Å². The first-order valence-electron chi connectivity index (χ1n) is 11.3. The van der Waals surface area contributed by atoms with E-state index in [2.05, 4.69) is 83.6 Å². The van der Waals surface area contributed by atoms with Crippen LogP contribution in [0.5, 0.6) is 0 Å². The molecule has 0 fully saturated rings. The molecule has 2 heterocycles. The number of aryl methyl sites for hydroxylation is 3. The number of nitrogens with zero attached hydrogens (tertiary/aromatic N) is 5. The Hall–Kier alpha value is -2.48. The lowest BCUT2D eigenvalue weighted by atomic mass is 10.2. The SMILES string of the molecule is CCCCN1C=CN(C)C1.CCCCn1cc[n+](C)c1.Cc1ccc(S(=O)(=O)[O-])cc1.N#CS. The van der Waals surface area contributed by atoms with E-state index in [-0.39, 0.29) is 4.90 Å². The van der Waals surface area contributed by atoms with Crippen LogP contribution >= 0.6 is 12.6 Å². The minimum absolute atomic E-state index is 0.178. The average molecular weight is 510 g/mol. The summed E-state index contributed by atoms with van der Waals surface area (Å²) < 4.78 is 35.4. The number of thiocyanates is 1. The predicted molar refractivity (Wildman–Crippen MR) is 138 cm³/mol. The summed E-state index contributed by atoms with van der Waals surface area (Å²) in [4.78, 5) is 4.35. The minimum atomic E-state index is -4.27. The van der Waals surface area contributed by atoms with Crippen LogP contribution < -0.4 is 4.57 Å². The number of benzene rings is 1. The highest BCUT2D eigenvalue weighted by Crippen LogP contribution is 2.08. The second-order valence-electron chi connectivity index (χ2n) is 7.90. The Balaban J connectivity index is 0.000000454. The fraction of sp³-hybridized carbons (Fsp3) is 0.500. The van der Waals surface area contributed by atoms with E-state index in [1.165, 1.54) is 49.8 Å². The van der Waals surface area contributed by atoms with Crippen LogP contribution in [0.25, 0.3) is 0 Å². The normalized spacial score (nSPS) is 11.9. The maximum Gasteiger partial charge on any atom is 0.243 e. The van der Waals surface area contributed by atoms with Crippen molar-refractivity contribution in [2.75, 3.05) is 20.3 Å². The zero-order valence-electron chi connectivity index (χ0n) is 21.0. The average Bonchev–Trinajstić information content (AvgIpc) is 3.39. The maximum atomic E-state index is 10.4. The zero-order chi connectivity index (χ0) is 26.0. The maximum absolute atomic E-state index is 10.4. The van der Waals surface area contributed by atoms with Gasteiger partial charge in [0.05, 0.1) is 25.2 Å². The molecule has 1 aliphatic rings. The van der Waals surface area contributed by atoms with Gasteiger partial charge in [0.25, 0.3) is 0 Å². The molecule has 8 nitrogen and oxygen atoms in total. The lowest BCUT2D eigenvalue weighted by Gasteiger charge is -2.17. The molecule has 0 saturated carbocycles. The number of imidazole rings is 1. The van der Waals surface area contributed by atoms with Crippen LogP contribution in [0.2, 0.25) is 0 Å². The Morgan fingerprint density at radius 1 is 1.12 bits per heavy atom. The third kappa shape index (κ3) is 15.4. The van der Waals surface area contributed by atoms with E-state index in [0.29, 0.717) is 0 Å². The van der Waals surface area contributed by atoms with Gasteiger partial charge in [0, 0.05) is 26.0 Å². The molecule has 0 bridgehead atoms. The first-order chi connectivity index (χ1) is 16.1. The molecule has 34 heavy (non-hydrogen) atoms. The molecule has 0 spiro atoms. The van der Waals surface area contributed by atoms with Crippen molar-refractivity contribution in [2.24, 2.45) is 7.05 Å². The van der Waals surface area contributed by atoms with Crippen molar-refractivity contribution in [3.8, 4) is 5.40 Å². The number of hydrogen-bond donors (Lipinski definition) is 1. The molecule has 0 aliphatic carbocycles. The molecule has 2 aromatic rings. The van der Waals surface area contributed by atoms with Gasteiger partial charge in [-0.05, 0) is 31.9 Å². The molecule has 1 aliphatic heterocycles. The van der Waals surface area contributed by atoms with Gasteiger partial charge in [-0.2, -0.15) is 5.26 Å². The Morgan fingerprint density at radius 3 is 2.09 bits per heavy atom. The molecular weight excluding hydrogens is 470 g/mol. The lowest BCUT2D eigenvalue weighted by molar-refractivity contribution is -0.671. The molecule has 0 atom stereocenters. The molecule has 0 N–H and O–H groups in total. The van der Waals surface area contributed by atoms with E-state index in [9.17, 15) is 13.0 Å². The Morgan fingerprint density at radius 2 is 1.68 bits per heavy atom. The van der Waals surface area contributed by atoms with E-state index < -0.39 is 10.1 Å². The molecule has 0 unspecified atom stereocenters. The molecule has 0 amide bonds. The van der Waals surface area contributed by atoms with Gasteiger partial charge in [0.1, 0.15) is 27.9 Å². The number of hydrogen-bond acceptors (Lipinski definition) is 7. The van der Waals surface area contributed by atoms with Crippen LogP contribution in [0.3, 0.4) is 0 Å². The van der Waals surface area contributed by atoms with E-state index in [4.69, 9.17) is 5.26 Å². The van der Waals surface area contributed by atoms with Crippen LogP contribution in [-0.2, 0) is 23.7 Å². The molecule has 1 aromatic carbocycles. The second kappa shape index (κ2) is 17.9. The monoisotopic (exact) mass is 509 g/mol. The third-order valence-electron chi connectivity index (χ3n) is 4.64. The summed E-state index contributed by atoms with van der Waals surface area (Å²) in [6.45, 7) is 9.68. The third-order valence-corrected chi connectivity index (χ3v) is 5.49. The summed E-state index contributed by atoms with van der Waals surface area (Å²) in [7, 11) is -0.126. The standard InChI is InChI=1S/C8H16N2.C8H15N2.C7H8O3S.CHNS/c2*1-3-4-5-10-7-6-9(2)8-10;1-6-2-4-7(5-3-6)11(8,9)10;2-1-3/h6-7H,3-5,8H2,1-2H3;6-8H,3-5H2,1-2H3;2-5H,1H3,(H,8,9,10);3H/q;+1;;/p-1. The van der Waals surface area contributed by atoms with Crippen molar-refractivity contribution in [3.63, 3.8) is 0 Å². The van der Waals surface area contributed by atoms with Gasteiger partial charge in [0.15, 0.2) is 0 Å². The summed E-state index contributed by atoms with van der Waals surface area (Å²) in [5.41, 5.74) is 0.928. The largest absolute Gasteiger partial charge is 0.744 e. The number of unbranched alkanes of at least 4 members (excludes halogenated alkanes) is 2. The van der Waals surface area contributed by atoms with Crippen molar-refractivity contribution in [3.05, 3.63) is 60.9 Å². The van der Waals surface area contributed by atoms with E-state index >= 15 is 0 Å². The van der Waals surface area contributed by atoms with Gasteiger partial charge in [0.2, 0.25) is 6.33 Å². The Kier molecular flexibility index (Phi) is 16.6. The molecule has 0 radical (unpaired) electrons. The Bertz CT molecular complexity index is 967. The zero-order valence-corrected chi connectivity index (χ0v) is 22.7. The smallest absolute Gasteiger partial charge is 0.243 e. The second-order valence-corrected chi connectivity index (χ2v) is 9.48. The van der Waals surface area contributed by atoms with Gasteiger partial charge in [-0.1, -0.05) is 57.0 Å². The van der Waals surface area contributed by atoms with Gasteiger partial charge >= 0.3 is 0 Å². The highest BCUT2D eigenvalue weighted by Gasteiger charge is 2.05. The Labute approximate surface area is 211 Å². The van der Waals surface area contributed by atoms with Crippen molar-refractivity contribution in [1.29, 1.82) is 5.26 Å². The fourth-order valence-corrected chi connectivity index (χ4v) is 3.24. The van der Waals surface area contributed by atoms with E-state index in [1.54, 1.807) is 12.1 Å². The topological polar surface area (TPSA) is 96.3 Å². The molecule has 190 valence electrons. The molecule has 10 heteroatoms. The number of nitriles is 1. The number of rotatable bonds is 7. The highest BCUT2D eigenvalue weighted by molar-refractivity contribution is 7.85. The van der Waals surface area contributed by atoms with E-state index in [1.807, 2.05) is 14.0 Å². The van der Waals surface area contributed by atoms with Crippen LogP contribution in [-0.4, -0.2) is 47.6 Å². The minimum Gasteiger partial charge on any atom is -0.744 e. The van der Waals surface area contributed by atoms with Gasteiger partial charge in [-0.25, -0.2) is 17.6 Å². The molecular formula is C24H39N5O3S2.